The Morgan fingerprint density at radius 2 is 1.94 bits per heavy atom. The van der Waals surface area contributed by atoms with Crippen molar-refractivity contribution in [2.24, 2.45) is 0 Å². The highest BCUT2D eigenvalue weighted by Crippen LogP contribution is 2.23. The van der Waals surface area contributed by atoms with Gasteiger partial charge in [-0.25, -0.2) is 18.1 Å². The number of carbonyl (C=O) groups is 1. The van der Waals surface area contributed by atoms with Gasteiger partial charge in [0.05, 0.1) is 16.7 Å². The van der Waals surface area contributed by atoms with Crippen molar-refractivity contribution >= 4 is 37.9 Å². The van der Waals surface area contributed by atoms with Crippen molar-refractivity contribution in [2.45, 2.75) is 23.8 Å². The first kappa shape index (κ1) is 21.8. The number of sulfonamides is 1. The van der Waals surface area contributed by atoms with Gasteiger partial charge in [0, 0.05) is 47.7 Å². The van der Waals surface area contributed by atoms with Crippen LogP contribution in [0.15, 0.2) is 71.2 Å². The molecule has 0 bridgehead atoms. The van der Waals surface area contributed by atoms with Gasteiger partial charge in [-0.1, -0.05) is 12.1 Å². The molecule has 1 aliphatic rings. The summed E-state index contributed by atoms with van der Waals surface area (Å²) in [6, 6.07) is 13.3. The first-order valence-electron chi connectivity index (χ1n) is 10.5. The van der Waals surface area contributed by atoms with Crippen LogP contribution in [0.4, 0.5) is 5.69 Å². The summed E-state index contributed by atoms with van der Waals surface area (Å²) in [5.41, 5.74) is 2.82. The molecule has 1 unspecified atom stereocenters. The fraction of sp³-hybridized carbons (Fsp3) is 0.217. The quantitative estimate of drug-likeness (QED) is 0.418. The van der Waals surface area contributed by atoms with Gasteiger partial charge in [0.15, 0.2) is 4.96 Å². The van der Waals surface area contributed by atoms with Crippen molar-refractivity contribution in [1.82, 2.24) is 14.1 Å². The summed E-state index contributed by atoms with van der Waals surface area (Å²) in [5.74, 6) is -0.318. The molecule has 2 N–H and O–H groups in total. The SMILES string of the molecule is O=C(Nc1ccc(-c2cn3ccsc3n2)cc1)c1ccc(S(=O)(=O)NCC2CCCO2)cc1. The summed E-state index contributed by atoms with van der Waals surface area (Å²) in [4.78, 5) is 18.2. The van der Waals surface area contributed by atoms with E-state index < -0.39 is 10.0 Å². The highest BCUT2D eigenvalue weighted by molar-refractivity contribution is 7.89. The van der Waals surface area contributed by atoms with E-state index in [1.807, 2.05) is 46.4 Å². The third kappa shape index (κ3) is 4.83. The van der Waals surface area contributed by atoms with Crippen molar-refractivity contribution in [3.8, 4) is 11.3 Å². The number of imidazole rings is 1. The van der Waals surface area contributed by atoms with Gasteiger partial charge in [0.1, 0.15) is 0 Å². The Morgan fingerprint density at radius 3 is 2.64 bits per heavy atom. The molecule has 0 spiro atoms. The van der Waals surface area contributed by atoms with E-state index in [1.54, 1.807) is 11.3 Å². The normalized spacial score (nSPS) is 16.3. The van der Waals surface area contributed by atoms with Gasteiger partial charge in [-0.3, -0.25) is 9.20 Å². The number of hydrogen-bond acceptors (Lipinski definition) is 6. The molecule has 10 heteroatoms. The second kappa shape index (κ2) is 9.06. The highest BCUT2D eigenvalue weighted by Gasteiger charge is 2.20. The summed E-state index contributed by atoms with van der Waals surface area (Å²) >= 11 is 1.57. The maximum absolute atomic E-state index is 12.6. The molecular weight excluding hydrogens is 460 g/mol. The van der Waals surface area contributed by atoms with E-state index in [1.165, 1.54) is 24.3 Å². The Bertz CT molecular complexity index is 1340. The summed E-state index contributed by atoms with van der Waals surface area (Å²) < 4.78 is 34.9. The van der Waals surface area contributed by atoms with E-state index in [0.717, 1.165) is 29.1 Å². The van der Waals surface area contributed by atoms with E-state index in [2.05, 4.69) is 15.0 Å². The fourth-order valence-corrected chi connectivity index (χ4v) is 5.44. The number of nitrogens with one attached hydrogen (secondary N) is 2. The molecule has 170 valence electrons. The van der Waals surface area contributed by atoms with Crippen LogP contribution in [0.3, 0.4) is 0 Å². The van der Waals surface area contributed by atoms with Crippen molar-refractivity contribution in [2.75, 3.05) is 18.5 Å². The Labute approximate surface area is 195 Å². The van der Waals surface area contributed by atoms with E-state index in [0.29, 0.717) is 17.9 Å². The average molecular weight is 483 g/mol. The van der Waals surface area contributed by atoms with Crippen molar-refractivity contribution < 1.29 is 17.9 Å². The summed E-state index contributed by atoms with van der Waals surface area (Å²) in [6.45, 7) is 0.915. The first-order valence-corrected chi connectivity index (χ1v) is 12.9. The smallest absolute Gasteiger partial charge is 0.255 e. The van der Waals surface area contributed by atoms with Gasteiger partial charge in [-0.2, -0.15) is 0 Å². The predicted molar refractivity (Wildman–Crippen MR) is 127 cm³/mol. The third-order valence-corrected chi connectivity index (χ3v) is 7.69. The van der Waals surface area contributed by atoms with Crippen LogP contribution in [0.2, 0.25) is 0 Å². The molecule has 5 rings (SSSR count). The molecule has 1 saturated heterocycles. The van der Waals surface area contributed by atoms with Crippen LogP contribution >= 0.6 is 11.3 Å². The Kier molecular flexibility index (Phi) is 5.98. The van der Waals surface area contributed by atoms with Gasteiger partial charge < -0.3 is 10.1 Å². The van der Waals surface area contributed by atoms with Gasteiger partial charge in [0.2, 0.25) is 10.0 Å². The zero-order valence-electron chi connectivity index (χ0n) is 17.6. The molecule has 2 aromatic carbocycles. The molecule has 1 atom stereocenters. The largest absolute Gasteiger partial charge is 0.377 e. The lowest BCUT2D eigenvalue weighted by Gasteiger charge is -2.12. The number of anilines is 1. The van der Waals surface area contributed by atoms with Gasteiger partial charge in [-0.15, -0.1) is 11.3 Å². The van der Waals surface area contributed by atoms with Gasteiger partial charge in [0.25, 0.3) is 5.91 Å². The highest BCUT2D eigenvalue weighted by atomic mass is 32.2. The second-order valence-electron chi connectivity index (χ2n) is 7.76. The van der Waals surface area contributed by atoms with E-state index >= 15 is 0 Å². The zero-order chi connectivity index (χ0) is 22.8. The predicted octanol–water partition coefficient (Wildman–Crippen LogP) is 3.77. The number of carbonyl (C=O) groups excluding carboxylic acids is 1. The minimum atomic E-state index is -3.65. The van der Waals surface area contributed by atoms with E-state index in [-0.39, 0.29) is 23.5 Å². The lowest BCUT2D eigenvalue weighted by atomic mass is 10.1. The maximum Gasteiger partial charge on any atom is 0.255 e. The number of ether oxygens (including phenoxy) is 1. The van der Waals surface area contributed by atoms with Crippen molar-refractivity contribution in [3.63, 3.8) is 0 Å². The van der Waals surface area contributed by atoms with E-state index in [4.69, 9.17) is 4.74 Å². The van der Waals surface area contributed by atoms with Crippen LogP contribution in [-0.4, -0.2) is 43.0 Å². The monoisotopic (exact) mass is 482 g/mol. The standard InChI is InChI=1S/C23H22N4O4S2/c28-22(17-5-9-20(10-6-17)33(29,30)24-14-19-2-1-12-31-19)25-18-7-3-16(4-8-18)21-15-27-11-13-32-23(27)26-21/h3-11,13,15,19,24H,1-2,12,14H2,(H,25,28). The summed E-state index contributed by atoms with van der Waals surface area (Å²) in [6.07, 6.45) is 5.64. The van der Waals surface area contributed by atoms with Gasteiger partial charge in [-0.05, 0) is 49.2 Å². The molecule has 1 fully saturated rings. The molecule has 0 aliphatic carbocycles. The van der Waals surface area contributed by atoms with E-state index in [9.17, 15) is 13.2 Å². The van der Waals surface area contributed by atoms with Gasteiger partial charge >= 0.3 is 0 Å². The number of rotatable bonds is 7. The fourth-order valence-electron chi connectivity index (χ4n) is 3.67. The Balaban J connectivity index is 1.21. The van der Waals surface area contributed by atoms with Crippen LogP contribution in [0, 0.1) is 0 Å². The number of benzene rings is 2. The first-order chi connectivity index (χ1) is 16.0. The molecule has 8 nitrogen and oxygen atoms in total. The van der Waals surface area contributed by atoms with Crippen molar-refractivity contribution in [3.05, 3.63) is 71.9 Å². The minimum Gasteiger partial charge on any atom is -0.377 e. The number of hydrogen-bond donors (Lipinski definition) is 2. The molecule has 0 radical (unpaired) electrons. The number of thiazole rings is 1. The third-order valence-electron chi connectivity index (χ3n) is 5.48. The molecule has 1 amide bonds. The molecule has 2 aromatic heterocycles. The van der Waals surface area contributed by atoms with Crippen molar-refractivity contribution in [1.29, 1.82) is 0 Å². The lowest BCUT2D eigenvalue weighted by molar-refractivity contribution is 0.102. The van der Waals surface area contributed by atoms with Crippen LogP contribution < -0.4 is 10.0 Å². The molecule has 1 aliphatic heterocycles. The number of aromatic nitrogens is 2. The Hall–Kier alpha value is -3.05. The number of fused-ring (bicyclic) bond motifs is 1. The zero-order valence-corrected chi connectivity index (χ0v) is 19.2. The summed E-state index contributed by atoms with van der Waals surface area (Å²) in [7, 11) is -3.65. The van der Waals surface area contributed by atoms with Crippen LogP contribution in [0.5, 0.6) is 0 Å². The molecule has 4 aromatic rings. The van der Waals surface area contributed by atoms with Crippen LogP contribution in [0.1, 0.15) is 23.2 Å². The number of amides is 1. The minimum absolute atomic E-state index is 0.0820. The summed E-state index contributed by atoms with van der Waals surface area (Å²) in [5, 5.41) is 4.82. The lowest BCUT2D eigenvalue weighted by Crippen LogP contribution is -2.31. The molecule has 3 heterocycles. The maximum atomic E-state index is 12.6. The average Bonchev–Trinajstić information content (AvgIpc) is 3.56. The van der Waals surface area contributed by atoms with Crippen LogP contribution in [0.25, 0.3) is 16.2 Å². The topological polar surface area (TPSA) is 102 Å². The Morgan fingerprint density at radius 1 is 1.15 bits per heavy atom. The molecule has 0 saturated carbocycles. The molecular formula is C23H22N4O4S2. The van der Waals surface area contributed by atoms with Crippen LogP contribution in [-0.2, 0) is 14.8 Å². The second-order valence-corrected chi connectivity index (χ2v) is 10.4. The molecule has 33 heavy (non-hydrogen) atoms. The number of nitrogens with zero attached hydrogens (tertiary/aromatic N) is 2.